The summed E-state index contributed by atoms with van der Waals surface area (Å²) in [5, 5.41) is 11.8. The fourth-order valence-corrected chi connectivity index (χ4v) is 13.4. The first kappa shape index (κ1) is 37.9. The van der Waals surface area contributed by atoms with E-state index in [-0.39, 0.29) is 26.8 Å². The van der Waals surface area contributed by atoms with Crippen molar-refractivity contribution in [2.75, 3.05) is 0 Å². The smallest absolute Gasteiger partial charge is 0.194 e. The number of fused-ring (bicyclic) bond motifs is 5. The first-order chi connectivity index (χ1) is 20.8. The second-order valence-corrected chi connectivity index (χ2v) is 28.7. The predicted octanol–water partition coefficient (Wildman–Crippen LogP) is 11.2. The zero-order chi connectivity index (χ0) is 34.9. The van der Waals surface area contributed by atoms with E-state index in [4.69, 9.17) is 8.85 Å². The Morgan fingerprint density at radius 1 is 0.870 bits per heavy atom. The molecule has 3 nitrogen and oxygen atoms in total. The number of allylic oxidation sites excluding steroid dienone is 4. The molecule has 0 bridgehead atoms. The maximum atomic E-state index is 11.4. The summed E-state index contributed by atoms with van der Waals surface area (Å²) in [4.78, 5) is 0. The van der Waals surface area contributed by atoms with Crippen molar-refractivity contribution in [3.63, 3.8) is 0 Å². The Kier molecular flexibility index (Phi) is 10.3. The van der Waals surface area contributed by atoms with Gasteiger partial charge in [-0.25, -0.2) is 0 Å². The molecule has 0 heterocycles. The minimum Gasteiger partial charge on any atom is -0.414 e. The van der Waals surface area contributed by atoms with Gasteiger partial charge in [-0.15, -0.1) is 0 Å². The Labute approximate surface area is 286 Å². The van der Waals surface area contributed by atoms with Crippen molar-refractivity contribution in [3.05, 3.63) is 34.9 Å². The van der Waals surface area contributed by atoms with Gasteiger partial charge in [0.1, 0.15) is 11.7 Å². The van der Waals surface area contributed by atoms with Crippen molar-refractivity contribution in [3.8, 4) is 11.8 Å². The number of aliphatic hydroxyl groups is 1. The van der Waals surface area contributed by atoms with Gasteiger partial charge < -0.3 is 14.0 Å². The summed E-state index contributed by atoms with van der Waals surface area (Å²) in [6, 6.07) is 0. The van der Waals surface area contributed by atoms with Crippen molar-refractivity contribution >= 4 is 16.6 Å². The molecule has 1 N–H and O–H groups in total. The van der Waals surface area contributed by atoms with E-state index in [0.29, 0.717) is 23.9 Å². The molecule has 5 heteroatoms. The fraction of sp³-hybridized carbons (Fsp3) is 0.805. The lowest BCUT2D eigenvalue weighted by molar-refractivity contribution is 0.0620. The summed E-state index contributed by atoms with van der Waals surface area (Å²) in [5.41, 5.74) is 4.44. The average molecular weight is 667 g/mol. The summed E-state index contributed by atoms with van der Waals surface area (Å²) < 4.78 is 13.7. The molecule has 0 saturated heterocycles. The normalized spacial score (nSPS) is 31.9. The molecule has 0 radical (unpaired) electrons. The van der Waals surface area contributed by atoms with Crippen LogP contribution in [0.25, 0.3) is 0 Å². The highest BCUT2D eigenvalue weighted by molar-refractivity contribution is 6.74. The van der Waals surface area contributed by atoms with Crippen LogP contribution in [0, 0.1) is 46.3 Å². The highest BCUT2D eigenvalue weighted by Crippen LogP contribution is 2.64. The molecule has 2 saturated carbocycles. The molecule has 7 atom stereocenters. The van der Waals surface area contributed by atoms with Gasteiger partial charge >= 0.3 is 0 Å². The summed E-state index contributed by atoms with van der Waals surface area (Å²) in [6.45, 7) is 37.1. The van der Waals surface area contributed by atoms with Gasteiger partial charge in [-0.1, -0.05) is 116 Å². The van der Waals surface area contributed by atoms with Crippen LogP contribution in [-0.2, 0) is 8.85 Å². The molecule has 0 amide bonds. The predicted molar refractivity (Wildman–Crippen MR) is 202 cm³/mol. The summed E-state index contributed by atoms with van der Waals surface area (Å²) in [5.74, 6) is 8.35. The highest BCUT2D eigenvalue weighted by atomic mass is 28.4. The van der Waals surface area contributed by atoms with Crippen LogP contribution in [0.3, 0.4) is 0 Å². The molecule has 260 valence electrons. The molecule has 2 fully saturated rings. The van der Waals surface area contributed by atoms with Crippen molar-refractivity contribution < 1.29 is 14.0 Å². The first-order valence-electron chi connectivity index (χ1n) is 18.5. The lowest BCUT2D eigenvalue weighted by atomic mass is 9.50. The summed E-state index contributed by atoms with van der Waals surface area (Å²) in [7, 11) is -3.85. The van der Waals surface area contributed by atoms with Crippen LogP contribution in [-0.4, -0.2) is 39.6 Å². The minimum absolute atomic E-state index is 0.00352. The van der Waals surface area contributed by atoms with E-state index >= 15 is 0 Å². The van der Waals surface area contributed by atoms with Crippen molar-refractivity contribution in [1.29, 1.82) is 0 Å². The maximum absolute atomic E-state index is 11.4. The van der Waals surface area contributed by atoms with E-state index in [1.165, 1.54) is 31.3 Å². The van der Waals surface area contributed by atoms with Gasteiger partial charge in [0.25, 0.3) is 0 Å². The van der Waals surface area contributed by atoms with Crippen LogP contribution >= 0.6 is 0 Å². The number of rotatable bonds is 8. The van der Waals surface area contributed by atoms with Crippen LogP contribution in [0.15, 0.2) is 34.9 Å². The average Bonchev–Trinajstić information content (AvgIpc) is 3.27. The third-order valence-corrected chi connectivity index (χ3v) is 23.7. The van der Waals surface area contributed by atoms with Gasteiger partial charge in [-0.3, -0.25) is 0 Å². The minimum atomic E-state index is -1.97. The van der Waals surface area contributed by atoms with E-state index in [0.717, 1.165) is 12.8 Å². The quantitative estimate of drug-likeness (QED) is 0.159. The fourth-order valence-electron chi connectivity index (χ4n) is 9.02. The molecule has 0 spiro atoms. The largest absolute Gasteiger partial charge is 0.414 e. The topological polar surface area (TPSA) is 38.7 Å². The van der Waals surface area contributed by atoms with Crippen LogP contribution in [0.2, 0.25) is 36.3 Å². The SMILES string of the molecule is CC(C)C(C)(C)[Si](C)(C)O[C@H]1CC[C@@]2(C)C(=CC=C3[C@@H]2CC[C@]2(C)C([C@H](C)C(O)C#CC(C)(C)O[Si](C)(C)C(C)(C)C)=CC[C@@H]32)C1. The third-order valence-electron chi connectivity index (χ3n) is 14.4. The monoisotopic (exact) mass is 666 g/mol. The summed E-state index contributed by atoms with van der Waals surface area (Å²) >= 11 is 0. The zero-order valence-electron chi connectivity index (χ0n) is 32.7. The van der Waals surface area contributed by atoms with Gasteiger partial charge in [-0.2, -0.15) is 0 Å². The molecule has 1 unspecified atom stereocenters. The second-order valence-electron chi connectivity index (χ2n) is 19.5. The molecule has 4 rings (SSSR count). The molecule has 0 aliphatic heterocycles. The van der Waals surface area contributed by atoms with Crippen LogP contribution in [0.4, 0.5) is 0 Å². The van der Waals surface area contributed by atoms with Gasteiger partial charge in [0, 0.05) is 12.0 Å². The van der Waals surface area contributed by atoms with Crippen molar-refractivity contribution in [2.45, 2.75) is 176 Å². The Bertz CT molecular complexity index is 1310. The molecule has 4 aliphatic carbocycles. The standard InChI is InChI=1S/C41H70O3Si2/c1-28(2)39(9,10)46(15,16)43-31-21-25-40(11)30(27-31)17-18-32-34-20-19-33(41(34,12)26-22-35(32)40)29(3)36(42)23-24-38(7,8)44-45(13,14)37(4,5)6/h17-19,28-29,31,34-36,42H,20-22,25-27H2,1-16H3/t29-,31-,34-,35-,36?,40-,41+/m0/s1. The Morgan fingerprint density at radius 2 is 1.48 bits per heavy atom. The van der Waals surface area contributed by atoms with E-state index in [1.54, 1.807) is 11.1 Å². The van der Waals surface area contributed by atoms with Gasteiger partial charge in [0.05, 0.1) is 0 Å². The molecule has 0 aromatic heterocycles. The second kappa shape index (κ2) is 12.5. The number of hydrogen-bond donors (Lipinski definition) is 1. The Hall–Kier alpha value is -0.906. The zero-order valence-corrected chi connectivity index (χ0v) is 34.7. The van der Waals surface area contributed by atoms with Crippen LogP contribution in [0.5, 0.6) is 0 Å². The lowest BCUT2D eigenvalue weighted by Gasteiger charge is -2.55. The lowest BCUT2D eigenvalue weighted by Crippen LogP contribution is -2.50. The van der Waals surface area contributed by atoms with Gasteiger partial charge in [0.2, 0.25) is 0 Å². The molecule has 46 heavy (non-hydrogen) atoms. The number of hydrogen-bond acceptors (Lipinski definition) is 3. The molecule has 0 aromatic carbocycles. The Morgan fingerprint density at radius 3 is 2.07 bits per heavy atom. The molecular formula is C41H70O3Si2. The van der Waals surface area contributed by atoms with Crippen LogP contribution < -0.4 is 0 Å². The number of aliphatic hydroxyl groups excluding tert-OH is 1. The summed E-state index contributed by atoms with van der Waals surface area (Å²) in [6.07, 6.45) is 14.1. The van der Waals surface area contributed by atoms with E-state index < -0.39 is 28.3 Å². The Balaban J connectivity index is 1.49. The van der Waals surface area contributed by atoms with Gasteiger partial charge in [-0.05, 0) is 117 Å². The van der Waals surface area contributed by atoms with E-state index in [1.807, 2.05) is 0 Å². The van der Waals surface area contributed by atoms with Gasteiger partial charge in [0.15, 0.2) is 16.6 Å². The maximum Gasteiger partial charge on any atom is 0.194 e. The van der Waals surface area contributed by atoms with Crippen LogP contribution in [0.1, 0.15) is 122 Å². The van der Waals surface area contributed by atoms with E-state index in [9.17, 15) is 5.11 Å². The van der Waals surface area contributed by atoms with Crippen molar-refractivity contribution in [2.24, 2.45) is 34.5 Å². The van der Waals surface area contributed by atoms with Crippen molar-refractivity contribution in [1.82, 2.24) is 0 Å². The third kappa shape index (κ3) is 6.78. The first-order valence-corrected chi connectivity index (χ1v) is 24.3. The molecule has 0 aromatic rings. The van der Waals surface area contributed by atoms with E-state index in [2.05, 4.69) is 139 Å². The molecule has 4 aliphatic rings. The highest BCUT2D eigenvalue weighted by Gasteiger charge is 2.56. The molecular weight excluding hydrogens is 597 g/mol.